The number of hydrogen-bond donors (Lipinski definition) is 1. The molecule has 202 valence electrons. The predicted octanol–water partition coefficient (Wildman–Crippen LogP) is 3.35. The van der Waals surface area contributed by atoms with Crippen molar-refractivity contribution in [2.45, 2.75) is 64.0 Å². The lowest BCUT2D eigenvalue weighted by Crippen LogP contribution is -2.57. The van der Waals surface area contributed by atoms with E-state index in [1.54, 1.807) is 24.3 Å². The fourth-order valence-corrected chi connectivity index (χ4v) is 7.42. The van der Waals surface area contributed by atoms with E-state index in [9.17, 15) is 18.3 Å². The number of esters is 1. The third-order valence-corrected chi connectivity index (χ3v) is 9.62. The number of anilines is 1. The number of aliphatic hydroxyl groups is 1. The van der Waals surface area contributed by atoms with Gasteiger partial charge in [0, 0.05) is 38.2 Å². The number of morpholine rings is 1. The lowest BCUT2D eigenvalue weighted by Gasteiger charge is -2.44. The van der Waals surface area contributed by atoms with E-state index in [4.69, 9.17) is 9.47 Å². The zero-order valence-corrected chi connectivity index (χ0v) is 22.8. The van der Waals surface area contributed by atoms with Gasteiger partial charge in [0.15, 0.2) is 0 Å². The maximum Gasteiger partial charge on any atom is 0.302 e. The summed E-state index contributed by atoms with van der Waals surface area (Å²) in [5, 5.41) is 12.3. The molecule has 1 saturated heterocycles. The molecule has 0 bridgehead atoms. The van der Waals surface area contributed by atoms with Crippen LogP contribution in [0.1, 0.15) is 55.9 Å². The smallest absolute Gasteiger partial charge is 0.302 e. The summed E-state index contributed by atoms with van der Waals surface area (Å²) in [5.74, 6) is -0.427. The Kier molecular flexibility index (Phi) is 8.58. The molecule has 2 aromatic carbocycles. The average molecular weight is 531 g/mol. The Bertz CT molecular complexity index is 1210. The Balaban J connectivity index is 1.83. The zero-order chi connectivity index (χ0) is 26.6. The maximum absolute atomic E-state index is 14.7. The van der Waals surface area contributed by atoms with E-state index in [0.717, 1.165) is 24.0 Å². The summed E-state index contributed by atoms with van der Waals surface area (Å²) >= 11 is 0. The van der Waals surface area contributed by atoms with Crippen molar-refractivity contribution in [2.24, 2.45) is 0 Å². The highest BCUT2D eigenvalue weighted by Crippen LogP contribution is 2.41. The Labute approximate surface area is 220 Å². The number of hydrogen-bond acceptors (Lipinski definition) is 7. The number of sulfonamides is 1. The van der Waals surface area contributed by atoms with Crippen LogP contribution in [0.4, 0.5) is 5.69 Å². The van der Waals surface area contributed by atoms with Gasteiger partial charge in [-0.25, -0.2) is 8.42 Å². The van der Waals surface area contributed by atoms with Crippen LogP contribution in [-0.4, -0.2) is 63.3 Å². The molecule has 0 radical (unpaired) electrons. The summed E-state index contributed by atoms with van der Waals surface area (Å²) in [6.07, 6.45) is 2.99. The van der Waals surface area contributed by atoms with Crippen LogP contribution in [0.25, 0.3) is 0 Å². The van der Waals surface area contributed by atoms with Crippen LogP contribution < -0.4 is 4.31 Å². The molecule has 8 nitrogen and oxygen atoms in total. The number of carbonyl (C=O) groups is 1. The molecule has 9 heteroatoms. The van der Waals surface area contributed by atoms with Crippen molar-refractivity contribution >= 4 is 21.7 Å². The predicted molar refractivity (Wildman–Crippen MR) is 143 cm³/mol. The molecule has 1 N–H and O–H groups in total. The standard InChI is InChI=1S/C28H38N2O6S/c1-4-22-9-12-27-24(17-22)10-11-26(5-2)30(27)37(33,34)28(32,20-29-13-15-35-16-14-29)25-8-6-7-23(18-25)19-36-21(3)31/h6-9,12,17-18,26,32H,4-5,10-11,13-16,19-20H2,1-3H3. The second-order valence-electron chi connectivity index (χ2n) is 9.87. The normalized spacial score (nSPS) is 20.2. The van der Waals surface area contributed by atoms with Crippen molar-refractivity contribution < 1.29 is 27.8 Å². The monoisotopic (exact) mass is 530 g/mol. The van der Waals surface area contributed by atoms with E-state index in [1.807, 2.05) is 24.0 Å². The topological polar surface area (TPSA) is 96.4 Å². The van der Waals surface area contributed by atoms with Crippen molar-refractivity contribution in [3.8, 4) is 0 Å². The molecule has 1 fully saturated rings. The molecule has 0 aliphatic carbocycles. The molecular formula is C28H38N2O6S. The summed E-state index contributed by atoms with van der Waals surface area (Å²) < 4.78 is 41.4. The number of aryl methyl sites for hydroxylation is 2. The van der Waals surface area contributed by atoms with E-state index >= 15 is 0 Å². The molecule has 0 aromatic heterocycles. The number of β-amino-alcohol motifs (C(OH)–C–C–N with tert-alkyl or cyclic N) is 1. The first-order chi connectivity index (χ1) is 17.7. The molecule has 37 heavy (non-hydrogen) atoms. The Hall–Kier alpha value is -2.46. The maximum atomic E-state index is 14.7. The number of ether oxygens (including phenoxy) is 2. The van der Waals surface area contributed by atoms with Crippen LogP contribution in [0.2, 0.25) is 0 Å². The third-order valence-electron chi connectivity index (χ3n) is 7.39. The Morgan fingerprint density at radius 3 is 2.57 bits per heavy atom. The number of carbonyl (C=O) groups excluding carboxylic acids is 1. The van der Waals surface area contributed by atoms with Gasteiger partial charge in [-0.15, -0.1) is 0 Å². The van der Waals surface area contributed by atoms with Gasteiger partial charge in [-0.05, 0) is 54.5 Å². The third kappa shape index (κ3) is 5.70. The highest BCUT2D eigenvalue weighted by atomic mass is 32.2. The minimum atomic E-state index is -4.32. The van der Waals surface area contributed by atoms with Gasteiger partial charge in [0.2, 0.25) is 4.93 Å². The number of benzene rings is 2. The fraction of sp³-hybridized carbons (Fsp3) is 0.536. The molecular weight excluding hydrogens is 492 g/mol. The first-order valence-electron chi connectivity index (χ1n) is 13.1. The van der Waals surface area contributed by atoms with Gasteiger partial charge < -0.3 is 14.6 Å². The lowest BCUT2D eigenvalue weighted by molar-refractivity contribution is -0.142. The molecule has 0 spiro atoms. The van der Waals surface area contributed by atoms with Gasteiger partial charge in [-0.1, -0.05) is 44.2 Å². The average Bonchev–Trinajstić information content (AvgIpc) is 2.91. The van der Waals surface area contributed by atoms with Gasteiger partial charge >= 0.3 is 5.97 Å². The van der Waals surface area contributed by atoms with E-state index in [1.165, 1.54) is 11.2 Å². The molecule has 2 atom stereocenters. The first kappa shape index (κ1) is 27.6. The van der Waals surface area contributed by atoms with Crippen molar-refractivity contribution in [3.05, 3.63) is 64.7 Å². The van der Waals surface area contributed by atoms with Gasteiger partial charge in [-0.2, -0.15) is 0 Å². The minimum Gasteiger partial charge on any atom is -0.461 e. The van der Waals surface area contributed by atoms with Gasteiger partial charge in [-0.3, -0.25) is 14.0 Å². The van der Waals surface area contributed by atoms with Crippen LogP contribution in [0.5, 0.6) is 0 Å². The highest BCUT2D eigenvalue weighted by molar-refractivity contribution is 7.93. The van der Waals surface area contributed by atoms with E-state index in [0.29, 0.717) is 50.4 Å². The van der Waals surface area contributed by atoms with Crippen LogP contribution in [-0.2, 0) is 48.7 Å². The van der Waals surface area contributed by atoms with E-state index in [2.05, 4.69) is 13.0 Å². The largest absolute Gasteiger partial charge is 0.461 e. The SMILES string of the molecule is CCc1ccc2c(c1)CCC(CC)N2S(=O)(=O)C(O)(CN1CCOCC1)c1cccc(COC(C)=O)c1. The molecule has 2 unspecified atom stereocenters. The molecule has 2 aromatic rings. The molecule has 0 amide bonds. The van der Waals surface area contributed by atoms with Crippen molar-refractivity contribution in [2.75, 3.05) is 37.2 Å². The van der Waals surface area contributed by atoms with Gasteiger partial charge in [0.05, 0.1) is 18.9 Å². The highest BCUT2D eigenvalue weighted by Gasteiger charge is 2.51. The Morgan fingerprint density at radius 2 is 1.89 bits per heavy atom. The van der Waals surface area contributed by atoms with Crippen LogP contribution >= 0.6 is 0 Å². The summed E-state index contributed by atoms with van der Waals surface area (Å²) in [6.45, 7) is 7.31. The number of fused-ring (bicyclic) bond motifs is 1. The van der Waals surface area contributed by atoms with Gasteiger partial charge in [0.1, 0.15) is 6.61 Å². The molecule has 2 heterocycles. The van der Waals surface area contributed by atoms with E-state index < -0.39 is 20.9 Å². The van der Waals surface area contributed by atoms with Crippen molar-refractivity contribution in [1.82, 2.24) is 4.90 Å². The van der Waals surface area contributed by atoms with Gasteiger partial charge in [0.25, 0.3) is 10.0 Å². The number of nitrogens with zero attached hydrogens (tertiary/aromatic N) is 2. The minimum absolute atomic E-state index is 0.000776. The van der Waals surface area contributed by atoms with Crippen molar-refractivity contribution in [3.63, 3.8) is 0 Å². The van der Waals surface area contributed by atoms with Crippen LogP contribution in [0, 0.1) is 0 Å². The first-order valence-corrected chi connectivity index (χ1v) is 14.5. The summed E-state index contributed by atoms with van der Waals surface area (Å²) in [5.41, 5.74) is 3.67. The second kappa shape index (κ2) is 11.5. The second-order valence-corrected chi connectivity index (χ2v) is 11.9. The summed E-state index contributed by atoms with van der Waals surface area (Å²) in [6, 6.07) is 12.4. The van der Waals surface area contributed by atoms with Crippen LogP contribution in [0.3, 0.4) is 0 Å². The fourth-order valence-electron chi connectivity index (χ4n) is 5.24. The molecule has 2 aliphatic heterocycles. The zero-order valence-electron chi connectivity index (χ0n) is 22.0. The van der Waals surface area contributed by atoms with E-state index in [-0.39, 0.29) is 24.8 Å². The quantitative estimate of drug-likeness (QED) is 0.497. The van der Waals surface area contributed by atoms with Crippen molar-refractivity contribution in [1.29, 1.82) is 0 Å². The van der Waals surface area contributed by atoms with Crippen LogP contribution in [0.15, 0.2) is 42.5 Å². The molecule has 2 aliphatic rings. The Morgan fingerprint density at radius 1 is 1.14 bits per heavy atom. The summed E-state index contributed by atoms with van der Waals surface area (Å²) in [4.78, 5) is 11.1. The molecule has 0 saturated carbocycles. The lowest BCUT2D eigenvalue weighted by atomic mass is 9.94. The summed E-state index contributed by atoms with van der Waals surface area (Å²) in [7, 11) is -4.32. The number of rotatable bonds is 9. The molecule has 4 rings (SSSR count).